The Morgan fingerprint density at radius 3 is 2.55 bits per heavy atom. The highest BCUT2D eigenvalue weighted by Gasteiger charge is 2.28. The van der Waals surface area contributed by atoms with Gasteiger partial charge in [-0.15, -0.1) is 24.0 Å². The van der Waals surface area contributed by atoms with Gasteiger partial charge in [0.1, 0.15) is 5.82 Å². The van der Waals surface area contributed by atoms with Crippen LogP contribution in [0.5, 0.6) is 0 Å². The summed E-state index contributed by atoms with van der Waals surface area (Å²) in [5.74, 6) is 0.573. The number of halogens is 2. The van der Waals surface area contributed by atoms with Crippen LogP contribution in [0.1, 0.15) is 32.4 Å². The average Bonchev–Trinajstić information content (AvgIpc) is 2.67. The molecule has 0 radical (unpaired) electrons. The number of benzene rings is 1. The third kappa shape index (κ3) is 8.35. The number of nitrogens with zero attached hydrogens (tertiary/aromatic N) is 3. The van der Waals surface area contributed by atoms with Crippen LogP contribution in [-0.2, 0) is 4.74 Å². The highest BCUT2D eigenvalue weighted by Crippen LogP contribution is 2.19. The molecule has 2 N–H and O–H groups in total. The molecule has 1 atom stereocenters. The van der Waals surface area contributed by atoms with E-state index in [1.807, 2.05) is 20.2 Å². The van der Waals surface area contributed by atoms with E-state index in [2.05, 4.69) is 41.2 Å². The molecule has 1 unspecified atom stereocenters. The normalized spacial score (nSPS) is 17.0. The van der Waals surface area contributed by atoms with Gasteiger partial charge in [0, 0.05) is 31.7 Å². The largest absolute Gasteiger partial charge is 0.379 e. The van der Waals surface area contributed by atoms with Gasteiger partial charge in [-0.3, -0.25) is 9.89 Å². The third-order valence-electron chi connectivity index (χ3n) is 5.16. The molecule has 8 heteroatoms. The van der Waals surface area contributed by atoms with Crippen molar-refractivity contribution in [3.05, 3.63) is 35.6 Å². The van der Waals surface area contributed by atoms with Crippen molar-refractivity contribution in [2.75, 3.05) is 60.0 Å². The van der Waals surface area contributed by atoms with Crippen molar-refractivity contribution in [1.29, 1.82) is 0 Å². The minimum atomic E-state index is -0.211. The van der Waals surface area contributed by atoms with Crippen LogP contribution in [0.15, 0.2) is 29.3 Å². The van der Waals surface area contributed by atoms with Gasteiger partial charge in [0.25, 0.3) is 0 Å². The summed E-state index contributed by atoms with van der Waals surface area (Å²) in [5.41, 5.74) is 0.914. The number of rotatable bonds is 8. The van der Waals surface area contributed by atoms with Crippen molar-refractivity contribution >= 4 is 29.9 Å². The number of guanidine groups is 1. The van der Waals surface area contributed by atoms with Crippen LogP contribution >= 0.6 is 24.0 Å². The number of morpholine rings is 1. The summed E-state index contributed by atoms with van der Waals surface area (Å²) in [6, 6.07) is 6.83. The average molecular weight is 521 g/mol. The van der Waals surface area contributed by atoms with Crippen molar-refractivity contribution in [2.45, 2.75) is 32.4 Å². The van der Waals surface area contributed by atoms with Crippen molar-refractivity contribution < 1.29 is 9.13 Å². The Labute approximate surface area is 192 Å². The molecule has 6 nitrogen and oxygen atoms in total. The fourth-order valence-electron chi connectivity index (χ4n) is 3.39. The maximum Gasteiger partial charge on any atom is 0.191 e. The van der Waals surface area contributed by atoms with Gasteiger partial charge in [-0.1, -0.05) is 12.1 Å². The number of aliphatic imine (C=N–C) groups is 1. The minimum Gasteiger partial charge on any atom is -0.379 e. The number of likely N-dealkylation sites (N-methyl/N-ethyl adjacent to an activating group) is 1. The Morgan fingerprint density at radius 1 is 1.28 bits per heavy atom. The van der Waals surface area contributed by atoms with Crippen LogP contribution in [0, 0.1) is 5.82 Å². The first kappa shape index (κ1) is 26.1. The van der Waals surface area contributed by atoms with Crippen molar-refractivity contribution in [2.24, 2.45) is 4.99 Å². The second-order valence-corrected chi connectivity index (χ2v) is 8.02. The van der Waals surface area contributed by atoms with Gasteiger partial charge < -0.3 is 20.3 Å². The first-order valence-electron chi connectivity index (χ1n) is 10.1. The third-order valence-corrected chi connectivity index (χ3v) is 5.16. The molecular formula is C21H37FIN5O. The Hall–Kier alpha value is -0.970. The van der Waals surface area contributed by atoms with E-state index in [1.54, 1.807) is 12.1 Å². The summed E-state index contributed by atoms with van der Waals surface area (Å²) >= 11 is 0. The van der Waals surface area contributed by atoms with Gasteiger partial charge in [0.15, 0.2) is 5.96 Å². The van der Waals surface area contributed by atoms with Crippen LogP contribution in [0.3, 0.4) is 0 Å². The number of nitrogens with one attached hydrogen (secondary N) is 2. The molecule has 0 aromatic heterocycles. The van der Waals surface area contributed by atoms with Gasteiger partial charge in [0.2, 0.25) is 0 Å². The molecule has 1 saturated heterocycles. The van der Waals surface area contributed by atoms with Gasteiger partial charge in [0.05, 0.1) is 25.8 Å². The summed E-state index contributed by atoms with van der Waals surface area (Å²) < 4.78 is 19.1. The Morgan fingerprint density at radius 2 is 1.97 bits per heavy atom. The topological polar surface area (TPSA) is 52.1 Å². The zero-order valence-electron chi connectivity index (χ0n) is 18.4. The van der Waals surface area contributed by atoms with Crippen LogP contribution in [0.25, 0.3) is 0 Å². The molecule has 1 heterocycles. The zero-order chi connectivity index (χ0) is 20.6. The molecular weight excluding hydrogens is 484 g/mol. The van der Waals surface area contributed by atoms with Gasteiger partial charge >= 0.3 is 0 Å². The first-order chi connectivity index (χ1) is 13.3. The Balaban J connectivity index is 0.00000420. The predicted molar refractivity (Wildman–Crippen MR) is 129 cm³/mol. The molecule has 1 aliphatic rings. The van der Waals surface area contributed by atoms with E-state index in [1.165, 1.54) is 6.07 Å². The summed E-state index contributed by atoms with van der Waals surface area (Å²) in [7, 11) is 4.01. The standard InChI is InChI=1S/C21H36FN5O.HI/c1-6-23-20(25-16-21(2,3)27-10-12-28-13-11-27)24-15-19(26(4)5)17-8-7-9-18(22)14-17;/h7-9,14,19H,6,10-13,15-16H2,1-5H3,(H2,23,24,25);1H. The van der Waals surface area contributed by atoms with Crippen molar-refractivity contribution in [3.63, 3.8) is 0 Å². The highest BCUT2D eigenvalue weighted by molar-refractivity contribution is 14.0. The molecule has 29 heavy (non-hydrogen) atoms. The van der Waals surface area contributed by atoms with Crippen LogP contribution < -0.4 is 10.6 Å². The first-order valence-corrected chi connectivity index (χ1v) is 10.1. The fourth-order valence-corrected chi connectivity index (χ4v) is 3.39. The minimum absolute atomic E-state index is 0. The monoisotopic (exact) mass is 521 g/mol. The molecule has 0 amide bonds. The van der Waals surface area contributed by atoms with Gasteiger partial charge in [-0.25, -0.2) is 4.39 Å². The fraction of sp³-hybridized carbons (Fsp3) is 0.667. The van der Waals surface area contributed by atoms with Crippen LogP contribution in [0.4, 0.5) is 4.39 Å². The molecule has 0 bridgehead atoms. The van der Waals surface area contributed by atoms with Gasteiger partial charge in [-0.2, -0.15) is 0 Å². The second-order valence-electron chi connectivity index (χ2n) is 8.02. The molecule has 2 rings (SSSR count). The molecule has 1 aromatic carbocycles. The number of hydrogen-bond donors (Lipinski definition) is 2. The summed E-state index contributed by atoms with van der Waals surface area (Å²) in [6.07, 6.45) is 0. The van der Waals surface area contributed by atoms with E-state index < -0.39 is 0 Å². The lowest BCUT2D eigenvalue weighted by Crippen LogP contribution is -2.52. The Kier molecular flexibility index (Phi) is 11.4. The molecule has 0 spiro atoms. The molecule has 0 saturated carbocycles. The van der Waals surface area contributed by atoms with E-state index >= 15 is 0 Å². The maximum atomic E-state index is 13.7. The molecule has 0 aliphatic carbocycles. The van der Waals surface area contributed by atoms with Crippen LogP contribution in [-0.4, -0.2) is 81.3 Å². The summed E-state index contributed by atoms with van der Waals surface area (Å²) in [4.78, 5) is 9.34. The number of ether oxygens (including phenoxy) is 1. The number of hydrogen-bond acceptors (Lipinski definition) is 4. The lowest BCUT2D eigenvalue weighted by molar-refractivity contribution is -0.00684. The van der Waals surface area contributed by atoms with E-state index in [9.17, 15) is 4.39 Å². The predicted octanol–water partition coefficient (Wildman–Crippen LogP) is 2.71. The lowest BCUT2D eigenvalue weighted by Gasteiger charge is -2.40. The Bertz CT molecular complexity index is 635. The maximum absolute atomic E-state index is 13.7. The van der Waals surface area contributed by atoms with E-state index in [4.69, 9.17) is 9.73 Å². The SMILES string of the molecule is CCNC(=NCC(C)(C)N1CCOCC1)NCC(c1cccc(F)c1)N(C)C.I. The highest BCUT2D eigenvalue weighted by atomic mass is 127. The zero-order valence-corrected chi connectivity index (χ0v) is 20.7. The van der Waals surface area contributed by atoms with E-state index in [0.29, 0.717) is 13.1 Å². The van der Waals surface area contributed by atoms with E-state index in [-0.39, 0.29) is 41.4 Å². The summed E-state index contributed by atoms with van der Waals surface area (Å²) in [6.45, 7) is 12.1. The molecule has 1 aliphatic heterocycles. The summed E-state index contributed by atoms with van der Waals surface area (Å²) in [5, 5.41) is 6.75. The van der Waals surface area contributed by atoms with Crippen molar-refractivity contribution in [1.82, 2.24) is 20.4 Å². The van der Waals surface area contributed by atoms with Crippen LogP contribution in [0.2, 0.25) is 0 Å². The molecule has 1 aromatic rings. The second kappa shape index (κ2) is 12.7. The van der Waals surface area contributed by atoms with E-state index in [0.717, 1.165) is 44.4 Å². The molecule has 1 fully saturated rings. The van der Waals surface area contributed by atoms with Crippen molar-refractivity contribution in [3.8, 4) is 0 Å². The van der Waals surface area contributed by atoms with Gasteiger partial charge in [-0.05, 0) is 52.6 Å². The smallest absolute Gasteiger partial charge is 0.191 e. The quantitative estimate of drug-likeness (QED) is 0.313. The molecule has 166 valence electrons. The lowest BCUT2D eigenvalue weighted by atomic mass is 10.0.